The number of carbonyl (C=O) groups is 2. The molecule has 0 fully saturated rings. The van der Waals surface area contributed by atoms with Gasteiger partial charge in [0.1, 0.15) is 0 Å². The summed E-state index contributed by atoms with van der Waals surface area (Å²) >= 11 is 0. The van der Waals surface area contributed by atoms with E-state index in [1.54, 1.807) is 7.05 Å². The predicted molar refractivity (Wildman–Crippen MR) is 94.5 cm³/mol. The minimum atomic E-state index is -0.688. The van der Waals surface area contributed by atoms with Crippen molar-refractivity contribution in [1.29, 1.82) is 0 Å². The number of aromatic nitrogens is 3. The van der Waals surface area contributed by atoms with Gasteiger partial charge < -0.3 is 10.6 Å². The second-order valence-electron chi connectivity index (χ2n) is 6.13. The van der Waals surface area contributed by atoms with Crippen LogP contribution in [0.3, 0.4) is 0 Å². The van der Waals surface area contributed by atoms with Gasteiger partial charge in [-0.15, -0.1) is 5.10 Å². The average Bonchev–Trinajstić information content (AvgIpc) is 2.97. The average molecular weight is 337 g/mol. The van der Waals surface area contributed by atoms with Crippen LogP contribution in [0.4, 0.5) is 5.82 Å². The molecule has 0 atom stereocenters. The number of nitrogens with one attached hydrogen (secondary N) is 2. The Kier molecular flexibility index (Phi) is 10.5. The van der Waals surface area contributed by atoms with E-state index < -0.39 is 11.8 Å². The Hall–Kier alpha value is -1.92. The standard InChI is InChI=1S/C17H31N5O2/c1-3-4-5-6-7-8-9-10-11-12-13-18-16(23)17(24)20-15-14-19-21-22(15)2/h14H,3-13H2,1-2H3,(H,18,23)(H,20,24). The number of nitrogens with zero attached hydrogens (tertiary/aromatic N) is 3. The van der Waals surface area contributed by atoms with E-state index in [1.165, 1.54) is 62.2 Å². The third-order valence-electron chi connectivity index (χ3n) is 3.98. The van der Waals surface area contributed by atoms with E-state index in [9.17, 15) is 9.59 Å². The fourth-order valence-corrected chi connectivity index (χ4v) is 2.47. The summed E-state index contributed by atoms with van der Waals surface area (Å²) in [4.78, 5) is 23.4. The first-order valence-corrected chi connectivity index (χ1v) is 9.09. The number of hydrogen-bond donors (Lipinski definition) is 2. The van der Waals surface area contributed by atoms with Gasteiger partial charge in [-0.25, -0.2) is 4.68 Å². The van der Waals surface area contributed by atoms with Gasteiger partial charge in [0, 0.05) is 13.6 Å². The normalized spacial score (nSPS) is 10.6. The molecule has 0 bridgehead atoms. The molecule has 0 spiro atoms. The van der Waals surface area contributed by atoms with Crippen LogP contribution in [0, 0.1) is 0 Å². The molecule has 0 aliphatic carbocycles. The molecule has 0 unspecified atom stereocenters. The second kappa shape index (κ2) is 12.5. The summed E-state index contributed by atoms with van der Waals surface area (Å²) in [6, 6.07) is 0. The fraction of sp³-hybridized carbons (Fsp3) is 0.765. The Morgan fingerprint density at radius 3 is 2.08 bits per heavy atom. The van der Waals surface area contributed by atoms with Crippen molar-refractivity contribution in [1.82, 2.24) is 20.3 Å². The van der Waals surface area contributed by atoms with Crippen molar-refractivity contribution in [2.24, 2.45) is 7.05 Å². The molecule has 7 nitrogen and oxygen atoms in total. The summed E-state index contributed by atoms with van der Waals surface area (Å²) in [7, 11) is 1.64. The van der Waals surface area contributed by atoms with Crippen LogP contribution in [0.25, 0.3) is 0 Å². The maximum absolute atomic E-state index is 11.7. The van der Waals surface area contributed by atoms with Crippen LogP contribution in [0.2, 0.25) is 0 Å². The highest BCUT2D eigenvalue weighted by molar-refractivity contribution is 6.39. The summed E-state index contributed by atoms with van der Waals surface area (Å²) in [5.74, 6) is -0.909. The molecule has 0 aliphatic rings. The molecule has 0 aliphatic heterocycles. The summed E-state index contributed by atoms with van der Waals surface area (Å²) < 4.78 is 1.40. The van der Waals surface area contributed by atoms with Crippen LogP contribution in [-0.2, 0) is 16.6 Å². The summed E-state index contributed by atoms with van der Waals surface area (Å²) in [6.07, 6.45) is 13.8. The zero-order valence-electron chi connectivity index (χ0n) is 15.0. The van der Waals surface area contributed by atoms with E-state index in [2.05, 4.69) is 27.9 Å². The van der Waals surface area contributed by atoms with Crippen molar-refractivity contribution in [2.45, 2.75) is 71.1 Å². The highest BCUT2D eigenvalue weighted by atomic mass is 16.2. The Labute approximate surface area is 144 Å². The summed E-state index contributed by atoms with van der Waals surface area (Å²) in [6.45, 7) is 2.77. The lowest BCUT2D eigenvalue weighted by atomic mass is 10.1. The number of unbranched alkanes of at least 4 members (excludes halogenated alkanes) is 9. The van der Waals surface area contributed by atoms with Gasteiger partial charge in [-0.3, -0.25) is 9.59 Å². The molecule has 2 N–H and O–H groups in total. The summed E-state index contributed by atoms with van der Waals surface area (Å²) in [5, 5.41) is 12.4. The Bertz CT molecular complexity index is 487. The van der Waals surface area contributed by atoms with E-state index >= 15 is 0 Å². The molecule has 136 valence electrons. The molecule has 7 heteroatoms. The van der Waals surface area contributed by atoms with E-state index in [4.69, 9.17) is 0 Å². The first kappa shape index (κ1) is 20.1. The first-order chi connectivity index (χ1) is 11.6. The smallest absolute Gasteiger partial charge is 0.314 e. The lowest BCUT2D eigenvalue weighted by molar-refractivity contribution is -0.136. The molecule has 1 aromatic rings. The van der Waals surface area contributed by atoms with Crippen LogP contribution in [0.1, 0.15) is 71.1 Å². The van der Waals surface area contributed by atoms with Crippen molar-refractivity contribution < 1.29 is 9.59 Å². The van der Waals surface area contributed by atoms with Gasteiger partial charge in [0.2, 0.25) is 0 Å². The highest BCUT2D eigenvalue weighted by Gasteiger charge is 2.14. The van der Waals surface area contributed by atoms with Crippen molar-refractivity contribution in [3.8, 4) is 0 Å². The fourth-order valence-electron chi connectivity index (χ4n) is 2.47. The highest BCUT2D eigenvalue weighted by Crippen LogP contribution is 2.10. The SMILES string of the molecule is CCCCCCCCCCCCNC(=O)C(=O)Nc1cnnn1C. The molecule has 1 heterocycles. The third kappa shape index (κ3) is 8.64. The Morgan fingerprint density at radius 1 is 0.958 bits per heavy atom. The maximum Gasteiger partial charge on any atom is 0.314 e. The lowest BCUT2D eigenvalue weighted by Crippen LogP contribution is -2.36. The number of aryl methyl sites for hydroxylation is 1. The van der Waals surface area contributed by atoms with E-state index in [0.717, 1.165) is 12.8 Å². The van der Waals surface area contributed by atoms with Gasteiger partial charge >= 0.3 is 11.8 Å². The second-order valence-corrected chi connectivity index (χ2v) is 6.13. The molecular weight excluding hydrogens is 306 g/mol. The van der Waals surface area contributed by atoms with E-state index in [0.29, 0.717) is 12.4 Å². The zero-order chi connectivity index (χ0) is 17.6. The van der Waals surface area contributed by atoms with Crippen LogP contribution >= 0.6 is 0 Å². The molecule has 2 amide bonds. The number of rotatable bonds is 12. The van der Waals surface area contributed by atoms with Crippen molar-refractivity contribution in [3.05, 3.63) is 6.20 Å². The quantitative estimate of drug-likeness (QED) is 0.453. The molecule has 0 aromatic carbocycles. The topological polar surface area (TPSA) is 88.9 Å². The van der Waals surface area contributed by atoms with E-state index in [-0.39, 0.29) is 0 Å². The monoisotopic (exact) mass is 337 g/mol. The zero-order valence-corrected chi connectivity index (χ0v) is 15.0. The summed E-state index contributed by atoms with van der Waals surface area (Å²) in [5.41, 5.74) is 0. The predicted octanol–water partition coefficient (Wildman–Crippen LogP) is 2.79. The third-order valence-corrected chi connectivity index (χ3v) is 3.98. The Balaban J connectivity index is 1.96. The van der Waals surface area contributed by atoms with Crippen molar-refractivity contribution in [2.75, 3.05) is 11.9 Å². The van der Waals surface area contributed by atoms with Crippen LogP contribution < -0.4 is 10.6 Å². The molecule has 1 aromatic heterocycles. The van der Waals surface area contributed by atoms with E-state index in [1.807, 2.05) is 0 Å². The van der Waals surface area contributed by atoms with Gasteiger partial charge in [0.25, 0.3) is 0 Å². The number of hydrogen-bond acceptors (Lipinski definition) is 4. The van der Waals surface area contributed by atoms with Gasteiger partial charge in [0.15, 0.2) is 5.82 Å². The molecule has 24 heavy (non-hydrogen) atoms. The van der Waals surface area contributed by atoms with Crippen molar-refractivity contribution in [3.63, 3.8) is 0 Å². The van der Waals surface area contributed by atoms with Gasteiger partial charge in [-0.1, -0.05) is 69.9 Å². The van der Waals surface area contributed by atoms with Crippen LogP contribution in [-0.4, -0.2) is 33.4 Å². The molecule has 0 saturated heterocycles. The first-order valence-electron chi connectivity index (χ1n) is 9.09. The van der Waals surface area contributed by atoms with Gasteiger partial charge in [-0.05, 0) is 6.42 Å². The maximum atomic E-state index is 11.7. The van der Waals surface area contributed by atoms with Crippen molar-refractivity contribution >= 4 is 17.6 Å². The molecular formula is C17H31N5O2. The lowest BCUT2D eigenvalue weighted by Gasteiger charge is -2.06. The Morgan fingerprint density at radius 2 is 1.54 bits per heavy atom. The molecule has 0 radical (unpaired) electrons. The number of amides is 2. The largest absolute Gasteiger partial charge is 0.348 e. The van der Waals surface area contributed by atoms with Gasteiger partial charge in [0.05, 0.1) is 6.20 Å². The molecule has 0 saturated carbocycles. The molecule has 1 rings (SSSR count). The number of anilines is 1. The van der Waals surface area contributed by atoms with Crippen LogP contribution in [0.5, 0.6) is 0 Å². The van der Waals surface area contributed by atoms with Gasteiger partial charge in [-0.2, -0.15) is 0 Å². The minimum absolute atomic E-state index is 0.397. The van der Waals surface area contributed by atoms with Crippen LogP contribution in [0.15, 0.2) is 6.20 Å². The minimum Gasteiger partial charge on any atom is -0.348 e. The number of carbonyl (C=O) groups excluding carboxylic acids is 2.